The summed E-state index contributed by atoms with van der Waals surface area (Å²) in [6, 6.07) is -0.990. The first-order valence-corrected chi connectivity index (χ1v) is 26.7. The molecule has 19 heteroatoms. The van der Waals surface area contributed by atoms with Crippen LogP contribution in [0.3, 0.4) is 0 Å². The molecule has 0 spiro atoms. The summed E-state index contributed by atoms with van der Waals surface area (Å²) in [5.74, 6) is -0.299. The van der Waals surface area contributed by atoms with E-state index in [1.54, 1.807) is 6.08 Å². The van der Waals surface area contributed by atoms with Gasteiger partial charge in [0, 0.05) is 6.42 Å². The fraction of sp³-hybridized carbons (Fsp3) is 0.865. The number of carbonyl (C=O) groups excluding carboxylic acids is 1. The molecular weight excluding hydrogens is 927 g/mol. The van der Waals surface area contributed by atoms with Gasteiger partial charge in [-0.25, -0.2) is 0 Å². The Hall–Kier alpha value is -1.99. The van der Waals surface area contributed by atoms with E-state index in [4.69, 9.17) is 28.4 Å². The summed E-state index contributed by atoms with van der Waals surface area (Å²) in [6.45, 7) is 1.61. The van der Waals surface area contributed by atoms with Crippen LogP contribution in [-0.2, 0) is 33.2 Å². The van der Waals surface area contributed by atoms with Crippen molar-refractivity contribution < 1.29 is 89.4 Å². The van der Waals surface area contributed by atoms with Crippen LogP contribution < -0.4 is 5.32 Å². The number of rotatable bonds is 37. The minimum absolute atomic E-state index is 0.225. The zero-order chi connectivity index (χ0) is 52.0. The van der Waals surface area contributed by atoms with Gasteiger partial charge in [0.1, 0.15) is 73.2 Å². The van der Waals surface area contributed by atoms with Crippen LogP contribution in [0.1, 0.15) is 155 Å². The van der Waals surface area contributed by atoms with Crippen molar-refractivity contribution in [2.45, 2.75) is 259 Å². The molecule has 0 aromatic rings. The number of aliphatic hydroxyl groups excluding tert-OH is 11. The fourth-order valence-electron chi connectivity index (χ4n) is 8.90. The van der Waals surface area contributed by atoms with Crippen molar-refractivity contribution in [2.75, 3.05) is 26.4 Å². The Morgan fingerprint density at radius 2 is 0.901 bits per heavy atom. The van der Waals surface area contributed by atoms with Crippen LogP contribution in [0.4, 0.5) is 0 Å². The smallest absolute Gasteiger partial charge is 0.220 e. The number of allylic oxidation sites excluding steroid dienone is 5. The van der Waals surface area contributed by atoms with Crippen LogP contribution in [0.15, 0.2) is 36.5 Å². The van der Waals surface area contributed by atoms with E-state index in [1.807, 2.05) is 6.08 Å². The summed E-state index contributed by atoms with van der Waals surface area (Å²) in [4.78, 5) is 13.2. The maximum absolute atomic E-state index is 13.2. The van der Waals surface area contributed by atoms with E-state index in [0.717, 1.165) is 57.8 Å². The van der Waals surface area contributed by atoms with Crippen molar-refractivity contribution in [1.29, 1.82) is 0 Å². The lowest BCUT2D eigenvalue weighted by Gasteiger charge is -2.48. The molecular formula is C52H93NO18. The molecule has 0 aromatic carbocycles. The number of nitrogens with one attached hydrogen (secondary N) is 1. The molecule has 3 heterocycles. The van der Waals surface area contributed by atoms with E-state index in [2.05, 4.69) is 43.5 Å². The SMILES string of the molecule is CCCCCC/C=C/CC/C=C/C(O)C(COC1OC(CO)C(OC2OC(CO)C(OC3OC(CO)C(O)C(O)C3O)C(O)C2O)C(O)C1O)NC(=O)CCCCCCC/C=C\CCCCCCCCC. The van der Waals surface area contributed by atoms with Crippen LogP contribution in [-0.4, -0.2) is 193 Å². The van der Waals surface area contributed by atoms with Gasteiger partial charge in [0.15, 0.2) is 18.9 Å². The molecule has 3 aliphatic rings. The lowest BCUT2D eigenvalue weighted by Crippen LogP contribution is -2.66. The highest BCUT2D eigenvalue weighted by molar-refractivity contribution is 5.76. The molecule has 0 bridgehead atoms. The maximum atomic E-state index is 13.2. The summed E-state index contributed by atoms with van der Waals surface area (Å²) < 4.78 is 34.1. The van der Waals surface area contributed by atoms with Gasteiger partial charge in [-0.1, -0.05) is 127 Å². The Morgan fingerprint density at radius 1 is 0.493 bits per heavy atom. The van der Waals surface area contributed by atoms with Crippen LogP contribution in [0, 0.1) is 0 Å². The summed E-state index contributed by atoms with van der Waals surface area (Å²) in [5, 5.41) is 120. The van der Waals surface area contributed by atoms with Gasteiger partial charge in [-0.05, 0) is 57.8 Å². The average Bonchev–Trinajstić information content (AvgIpc) is 3.36. The van der Waals surface area contributed by atoms with Crippen molar-refractivity contribution in [3.8, 4) is 0 Å². The van der Waals surface area contributed by atoms with Gasteiger partial charge in [0.05, 0.1) is 38.6 Å². The molecule has 414 valence electrons. The number of carbonyl (C=O) groups is 1. The second-order valence-corrected chi connectivity index (χ2v) is 19.3. The number of aliphatic hydroxyl groups is 11. The van der Waals surface area contributed by atoms with Crippen LogP contribution in [0.5, 0.6) is 0 Å². The Balaban J connectivity index is 1.55. The zero-order valence-corrected chi connectivity index (χ0v) is 42.4. The van der Waals surface area contributed by atoms with E-state index in [-0.39, 0.29) is 18.9 Å². The Bertz CT molecular complexity index is 1450. The first-order valence-electron chi connectivity index (χ1n) is 26.7. The summed E-state index contributed by atoms with van der Waals surface area (Å²) >= 11 is 0. The van der Waals surface area contributed by atoms with Crippen molar-refractivity contribution >= 4 is 5.91 Å². The predicted molar refractivity (Wildman–Crippen MR) is 263 cm³/mol. The molecule has 0 radical (unpaired) electrons. The van der Waals surface area contributed by atoms with Gasteiger partial charge >= 0.3 is 0 Å². The lowest BCUT2D eigenvalue weighted by molar-refractivity contribution is -0.379. The van der Waals surface area contributed by atoms with E-state index in [0.29, 0.717) is 12.8 Å². The van der Waals surface area contributed by atoms with Gasteiger partial charge in [-0.3, -0.25) is 4.79 Å². The number of unbranched alkanes of at least 4 members (excludes halogenated alkanes) is 17. The maximum Gasteiger partial charge on any atom is 0.220 e. The lowest BCUT2D eigenvalue weighted by atomic mass is 9.96. The Labute approximate surface area is 421 Å². The van der Waals surface area contributed by atoms with Gasteiger partial charge < -0.3 is 89.9 Å². The first kappa shape index (κ1) is 63.3. The number of hydrogen-bond acceptors (Lipinski definition) is 18. The van der Waals surface area contributed by atoms with Gasteiger partial charge in [-0.15, -0.1) is 0 Å². The molecule has 3 saturated heterocycles. The highest BCUT2D eigenvalue weighted by atomic mass is 16.8. The second kappa shape index (κ2) is 36.9. The van der Waals surface area contributed by atoms with E-state index < -0.39 is 124 Å². The van der Waals surface area contributed by atoms with Crippen molar-refractivity contribution in [1.82, 2.24) is 5.32 Å². The second-order valence-electron chi connectivity index (χ2n) is 19.3. The van der Waals surface area contributed by atoms with Crippen LogP contribution in [0.2, 0.25) is 0 Å². The van der Waals surface area contributed by atoms with Crippen molar-refractivity contribution in [3.63, 3.8) is 0 Å². The van der Waals surface area contributed by atoms with E-state index >= 15 is 0 Å². The summed E-state index contributed by atoms with van der Waals surface area (Å²) in [6.07, 6.45) is 8.72. The third-order valence-electron chi connectivity index (χ3n) is 13.4. The standard InChI is InChI=1S/C52H93NO18/c1-3-5-7-9-11-13-15-16-17-18-19-20-22-24-26-28-30-40(58)53-35(36(57)29-27-25-23-21-14-12-10-8-6-4-2)34-66-50-46(64)43(61)48(38(32-55)68-50)71-52-47(65)44(62)49(39(33-56)69-52)70-51-45(63)42(60)41(59)37(31-54)67-51/h14,17-18,21,27,29,35-39,41-52,54-57,59-65H,3-13,15-16,19-20,22-26,28,30-34H2,1-2H3,(H,53,58)/b18-17-,21-14+,29-27+. The molecule has 12 N–H and O–H groups in total. The molecule has 0 saturated carbocycles. The minimum Gasteiger partial charge on any atom is -0.394 e. The molecule has 3 fully saturated rings. The van der Waals surface area contributed by atoms with E-state index in [9.17, 15) is 61.0 Å². The molecule has 3 aliphatic heterocycles. The highest BCUT2D eigenvalue weighted by Crippen LogP contribution is 2.33. The highest BCUT2D eigenvalue weighted by Gasteiger charge is 2.53. The molecule has 3 rings (SSSR count). The van der Waals surface area contributed by atoms with Crippen LogP contribution >= 0.6 is 0 Å². The van der Waals surface area contributed by atoms with Gasteiger partial charge in [-0.2, -0.15) is 0 Å². The number of amides is 1. The summed E-state index contributed by atoms with van der Waals surface area (Å²) in [5.41, 5.74) is 0. The molecule has 17 unspecified atom stereocenters. The molecule has 1 amide bonds. The molecule has 0 aliphatic carbocycles. The first-order chi connectivity index (χ1) is 34.3. The van der Waals surface area contributed by atoms with Gasteiger partial charge in [0.2, 0.25) is 5.91 Å². The van der Waals surface area contributed by atoms with E-state index in [1.165, 1.54) is 64.2 Å². The van der Waals surface area contributed by atoms with Crippen molar-refractivity contribution in [3.05, 3.63) is 36.5 Å². The zero-order valence-electron chi connectivity index (χ0n) is 42.4. The quantitative estimate of drug-likeness (QED) is 0.0314. The number of ether oxygens (including phenoxy) is 6. The largest absolute Gasteiger partial charge is 0.394 e. The van der Waals surface area contributed by atoms with Crippen LogP contribution in [0.25, 0.3) is 0 Å². The third-order valence-corrected chi connectivity index (χ3v) is 13.4. The molecule has 17 atom stereocenters. The molecule has 0 aromatic heterocycles. The van der Waals surface area contributed by atoms with Gasteiger partial charge in [0.25, 0.3) is 0 Å². The fourth-order valence-corrected chi connectivity index (χ4v) is 8.90. The average molecular weight is 1020 g/mol. The molecule has 19 nitrogen and oxygen atoms in total. The topological polar surface area (TPSA) is 307 Å². The Kier molecular flexibility index (Phi) is 32.9. The normalized spacial score (nSPS) is 32.5. The van der Waals surface area contributed by atoms with Crippen molar-refractivity contribution in [2.24, 2.45) is 0 Å². The predicted octanol–water partition coefficient (Wildman–Crippen LogP) is 2.59. The summed E-state index contributed by atoms with van der Waals surface area (Å²) in [7, 11) is 0. The Morgan fingerprint density at radius 3 is 1.42 bits per heavy atom. The third kappa shape index (κ3) is 22.4. The molecule has 71 heavy (non-hydrogen) atoms. The monoisotopic (exact) mass is 1020 g/mol. The number of hydrogen-bond donors (Lipinski definition) is 12. The minimum atomic E-state index is -1.98.